The monoisotopic (exact) mass is 208 g/mol. The molecule has 4 nitrogen and oxygen atoms in total. The Morgan fingerprint density at radius 2 is 1.33 bits per heavy atom. The fourth-order valence-electron chi connectivity index (χ4n) is 0.279. The highest BCUT2D eigenvalue weighted by Gasteiger charge is 1.98. The molecule has 0 radical (unpaired) electrons. The van der Waals surface area contributed by atoms with Gasteiger partial charge in [0.2, 0.25) is 11.8 Å². The molecule has 0 aliphatic rings. The normalized spacial score (nSPS) is 9.17. The van der Waals surface area contributed by atoms with E-state index in [4.69, 9.17) is 0 Å². The van der Waals surface area contributed by atoms with Gasteiger partial charge in [0.15, 0.2) is 0 Å². The Balaban J connectivity index is 3.21. The molecule has 0 heterocycles. The molecule has 0 saturated heterocycles. The number of carbonyl (C=O) groups excluding carboxylic acids is 2. The summed E-state index contributed by atoms with van der Waals surface area (Å²) in [6, 6.07) is 0. The van der Waals surface area contributed by atoms with Gasteiger partial charge in [-0.25, -0.2) is 0 Å². The molecule has 0 aliphatic carbocycles. The molecule has 6 heteroatoms. The van der Waals surface area contributed by atoms with Crippen LogP contribution in [0.15, 0.2) is 0 Å². The first-order valence-corrected chi connectivity index (χ1v) is 5.75. The van der Waals surface area contributed by atoms with E-state index in [2.05, 4.69) is 9.44 Å². The first-order valence-electron chi connectivity index (χ1n) is 3.60. The van der Waals surface area contributed by atoms with Crippen LogP contribution in [0.4, 0.5) is 0 Å². The van der Waals surface area contributed by atoms with Gasteiger partial charge in [0.1, 0.15) is 0 Å². The van der Waals surface area contributed by atoms with Crippen molar-refractivity contribution < 1.29 is 9.59 Å². The van der Waals surface area contributed by atoms with Crippen molar-refractivity contribution in [3.8, 4) is 0 Å². The Labute approximate surface area is 79.9 Å². The summed E-state index contributed by atoms with van der Waals surface area (Å²) in [7, 11) is 2.23. The summed E-state index contributed by atoms with van der Waals surface area (Å²) < 4.78 is 5.08. The van der Waals surface area contributed by atoms with E-state index in [0.717, 1.165) is 22.0 Å². The maximum absolute atomic E-state index is 10.7. The minimum absolute atomic E-state index is 0.0433. The molecule has 2 N–H and O–H groups in total. The lowest BCUT2D eigenvalue weighted by atomic mass is 10.5. The van der Waals surface area contributed by atoms with Crippen LogP contribution in [-0.4, -0.2) is 11.8 Å². The Bertz CT molecular complexity index is 146. The summed E-state index contributed by atoms with van der Waals surface area (Å²) >= 11 is 0. The second-order valence-electron chi connectivity index (χ2n) is 1.92. The van der Waals surface area contributed by atoms with Crippen molar-refractivity contribution in [2.75, 3.05) is 0 Å². The first kappa shape index (κ1) is 11.6. The average Bonchev–Trinajstić information content (AvgIpc) is 2.11. The summed E-state index contributed by atoms with van der Waals surface area (Å²) in [5.74, 6) is -0.0866. The molecule has 0 spiro atoms. The largest absolute Gasteiger partial charge is 0.290 e. The van der Waals surface area contributed by atoms with Crippen LogP contribution in [0.25, 0.3) is 0 Å². The molecule has 12 heavy (non-hydrogen) atoms. The summed E-state index contributed by atoms with van der Waals surface area (Å²) in [6.45, 7) is 3.54. The molecule has 0 rings (SSSR count). The van der Waals surface area contributed by atoms with Crippen LogP contribution in [0, 0.1) is 0 Å². The zero-order valence-corrected chi connectivity index (χ0v) is 8.68. The second-order valence-corrected chi connectivity index (χ2v) is 3.67. The van der Waals surface area contributed by atoms with E-state index in [9.17, 15) is 9.59 Å². The molecular weight excluding hydrogens is 196 g/mol. The molecule has 0 aromatic heterocycles. The van der Waals surface area contributed by atoms with Gasteiger partial charge < -0.3 is 0 Å². The predicted octanol–water partition coefficient (Wildman–Crippen LogP) is 1.25. The smallest absolute Gasteiger partial charge is 0.230 e. The van der Waals surface area contributed by atoms with Crippen LogP contribution in [-0.2, 0) is 9.59 Å². The number of nitrogens with one attached hydrogen (secondary N) is 2. The predicted molar refractivity (Wildman–Crippen MR) is 52.0 cm³/mol. The van der Waals surface area contributed by atoms with Crippen LogP contribution in [0.5, 0.6) is 0 Å². The number of hydrogen-bond donors (Lipinski definition) is 2. The number of hydrogen-bond acceptors (Lipinski definition) is 4. The van der Waals surface area contributed by atoms with Gasteiger partial charge in [0.25, 0.3) is 0 Å². The highest BCUT2D eigenvalue weighted by molar-refractivity contribution is 8.75. The highest BCUT2D eigenvalue weighted by atomic mass is 33.1. The van der Waals surface area contributed by atoms with Crippen LogP contribution < -0.4 is 9.44 Å². The summed E-state index contributed by atoms with van der Waals surface area (Å²) in [5, 5.41) is 0. The molecule has 0 unspecified atom stereocenters. The van der Waals surface area contributed by atoms with Crippen LogP contribution in [0.1, 0.15) is 26.7 Å². The van der Waals surface area contributed by atoms with Crippen molar-refractivity contribution in [1.29, 1.82) is 0 Å². The van der Waals surface area contributed by atoms with Gasteiger partial charge in [0.05, 0.1) is 0 Å². The molecule has 0 atom stereocenters. The zero-order chi connectivity index (χ0) is 9.40. The van der Waals surface area contributed by atoms with Crippen molar-refractivity contribution in [3.05, 3.63) is 0 Å². The number of carbonyl (C=O) groups is 2. The lowest BCUT2D eigenvalue weighted by Crippen LogP contribution is -2.16. The first-order chi connectivity index (χ1) is 5.70. The third kappa shape index (κ3) is 6.36. The molecule has 2 amide bonds. The van der Waals surface area contributed by atoms with Gasteiger partial charge in [-0.2, -0.15) is 0 Å². The van der Waals surface area contributed by atoms with E-state index in [1.54, 1.807) is 13.8 Å². The minimum Gasteiger partial charge on any atom is -0.290 e. The summed E-state index contributed by atoms with van der Waals surface area (Å²) in [5.41, 5.74) is 0. The van der Waals surface area contributed by atoms with Crippen molar-refractivity contribution in [3.63, 3.8) is 0 Å². The molecule has 0 fully saturated rings. The van der Waals surface area contributed by atoms with Gasteiger partial charge in [-0.05, 0) is 0 Å². The molecule has 0 aromatic rings. The molecule has 0 saturated carbocycles. The fourth-order valence-corrected chi connectivity index (χ4v) is 1.64. The third-order valence-corrected chi connectivity index (χ3v) is 2.45. The van der Waals surface area contributed by atoms with E-state index < -0.39 is 0 Å². The maximum atomic E-state index is 10.7. The van der Waals surface area contributed by atoms with E-state index in [0.29, 0.717) is 12.8 Å². The minimum atomic E-state index is -0.0433. The van der Waals surface area contributed by atoms with Gasteiger partial charge in [-0.15, -0.1) is 0 Å². The molecule has 0 aromatic carbocycles. The van der Waals surface area contributed by atoms with Crippen molar-refractivity contribution in [2.45, 2.75) is 26.7 Å². The van der Waals surface area contributed by atoms with Crippen LogP contribution in [0.2, 0.25) is 0 Å². The van der Waals surface area contributed by atoms with Crippen molar-refractivity contribution in [1.82, 2.24) is 9.44 Å². The second kappa shape index (κ2) is 7.30. The van der Waals surface area contributed by atoms with Crippen molar-refractivity contribution in [2.24, 2.45) is 0 Å². The topological polar surface area (TPSA) is 58.2 Å². The lowest BCUT2D eigenvalue weighted by molar-refractivity contribution is -0.119. The van der Waals surface area contributed by atoms with Crippen LogP contribution >= 0.6 is 22.0 Å². The fraction of sp³-hybridized carbons (Fsp3) is 0.667. The molecule has 70 valence electrons. The maximum Gasteiger partial charge on any atom is 0.230 e. The van der Waals surface area contributed by atoms with Gasteiger partial charge in [-0.3, -0.25) is 19.0 Å². The van der Waals surface area contributed by atoms with Crippen molar-refractivity contribution >= 4 is 33.8 Å². The highest BCUT2D eigenvalue weighted by Crippen LogP contribution is 2.12. The van der Waals surface area contributed by atoms with E-state index in [-0.39, 0.29) is 11.8 Å². The third-order valence-electron chi connectivity index (χ3n) is 0.995. The quantitative estimate of drug-likeness (QED) is 0.405. The lowest BCUT2D eigenvalue weighted by Gasteiger charge is -2.01. The van der Waals surface area contributed by atoms with Gasteiger partial charge >= 0.3 is 0 Å². The SMILES string of the molecule is CCC(=O)NSSNC(=O)CC. The standard InChI is InChI=1S/C6H12N2O2S2/c1-3-5(9)7-11-12-8-6(10)4-2/h3-4H2,1-2H3,(H,7,9)(H,8,10). The average molecular weight is 208 g/mol. The Kier molecular flexibility index (Phi) is 7.08. The zero-order valence-electron chi connectivity index (χ0n) is 7.05. The molecule has 0 bridgehead atoms. The van der Waals surface area contributed by atoms with E-state index >= 15 is 0 Å². The number of amides is 2. The van der Waals surface area contributed by atoms with Crippen LogP contribution in [0.3, 0.4) is 0 Å². The number of rotatable bonds is 5. The van der Waals surface area contributed by atoms with Gasteiger partial charge in [-0.1, -0.05) is 13.8 Å². The Morgan fingerprint density at radius 1 is 1.00 bits per heavy atom. The van der Waals surface area contributed by atoms with E-state index in [1.165, 1.54) is 0 Å². The summed E-state index contributed by atoms with van der Waals surface area (Å²) in [6.07, 6.45) is 0.907. The summed E-state index contributed by atoms with van der Waals surface area (Å²) in [4.78, 5) is 21.3. The van der Waals surface area contributed by atoms with Gasteiger partial charge in [0, 0.05) is 34.8 Å². The Morgan fingerprint density at radius 3 is 1.58 bits per heavy atom. The Hall–Kier alpha value is -0.360. The molecular formula is C6H12N2O2S2. The van der Waals surface area contributed by atoms with E-state index in [1.807, 2.05) is 0 Å². The molecule has 0 aliphatic heterocycles.